The third-order valence-corrected chi connectivity index (χ3v) is 2.52. The molecule has 1 rings (SSSR count). The zero-order valence-electron chi connectivity index (χ0n) is 11.1. The van der Waals surface area contributed by atoms with Crippen molar-refractivity contribution in [2.24, 2.45) is 0 Å². The molecule has 0 fully saturated rings. The summed E-state index contributed by atoms with van der Waals surface area (Å²) in [6.45, 7) is 3.45. The van der Waals surface area contributed by atoms with E-state index in [-0.39, 0.29) is 6.61 Å². The quantitative estimate of drug-likeness (QED) is 0.603. The van der Waals surface area contributed by atoms with Crippen molar-refractivity contribution in [1.82, 2.24) is 5.32 Å². The third kappa shape index (κ3) is 4.40. The maximum atomic E-state index is 11.6. The Morgan fingerprint density at radius 1 is 1.40 bits per heavy atom. The molecule has 0 aliphatic carbocycles. The summed E-state index contributed by atoms with van der Waals surface area (Å²) in [5.41, 5.74) is 0.556. The van der Waals surface area contributed by atoms with Crippen LogP contribution in [0.5, 0.6) is 0 Å². The van der Waals surface area contributed by atoms with Crippen LogP contribution in [0.15, 0.2) is 43.0 Å². The van der Waals surface area contributed by atoms with Crippen molar-refractivity contribution >= 4 is 12.1 Å². The van der Waals surface area contributed by atoms with Crippen LogP contribution in [0.2, 0.25) is 0 Å². The molecular formula is C14H17NO5. The van der Waals surface area contributed by atoms with Crippen LogP contribution in [0, 0.1) is 0 Å². The summed E-state index contributed by atoms with van der Waals surface area (Å²) in [6.07, 6.45) is -0.881. The van der Waals surface area contributed by atoms with Gasteiger partial charge in [0.15, 0.2) is 6.10 Å². The fourth-order valence-corrected chi connectivity index (χ4v) is 1.57. The number of ether oxygens (including phenoxy) is 2. The van der Waals surface area contributed by atoms with Gasteiger partial charge >= 0.3 is 12.1 Å². The monoisotopic (exact) mass is 279 g/mol. The molecule has 1 aromatic rings. The van der Waals surface area contributed by atoms with Gasteiger partial charge in [-0.25, -0.2) is 9.59 Å². The normalized spacial score (nSPS) is 12.9. The smallest absolute Gasteiger partial charge is 0.408 e. The van der Waals surface area contributed by atoms with E-state index in [2.05, 4.69) is 16.6 Å². The number of nitrogens with one attached hydrogen (secondary N) is 1. The molecule has 0 aliphatic heterocycles. The van der Waals surface area contributed by atoms with E-state index in [1.54, 1.807) is 30.3 Å². The van der Waals surface area contributed by atoms with Gasteiger partial charge in [-0.15, -0.1) is 0 Å². The van der Waals surface area contributed by atoms with Crippen LogP contribution >= 0.6 is 0 Å². The van der Waals surface area contributed by atoms with Crippen LogP contribution in [-0.4, -0.2) is 37.0 Å². The van der Waals surface area contributed by atoms with E-state index in [9.17, 15) is 14.7 Å². The second-order valence-electron chi connectivity index (χ2n) is 3.89. The number of methoxy groups -OCH3 is 1. The second-order valence-corrected chi connectivity index (χ2v) is 3.89. The predicted octanol–water partition coefficient (Wildman–Crippen LogP) is 1.17. The first kappa shape index (κ1) is 15.7. The van der Waals surface area contributed by atoms with E-state index >= 15 is 0 Å². The molecule has 2 atom stereocenters. The zero-order chi connectivity index (χ0) is 15.0. The number of aliphatic hydroxyl groups excluding tert-OH is 1. The Morgan fingerprint density at radius 3 is 2.60 bits per heavy atom. The van der Waals surface area contributed by atoms with Crippen molar-refractivity contribution in [3.63, 3.8) is 0 Å². The van der Waals surface area contributed by atoms with Crippen molar-refractivity contribution < 1.29 is 24.2 Å². The molecule has 1 amide bonds. The Kier molecular flexibility index (Phi) is 6.25. The highest BCUT2D eigenvalue weighted by molar-refractivity contribution is 5.77. The molecule has 0 aromatic heterocycles. The average molecular weight is 279 g/mol. The number of carbonyl (C=O) groups excluding carboxylic acids is 2. The van der Waals surface area contributed by atoms with Crippen molar-refractivity contribution in [1.29, 1.82) is 0 Å². The van der Waals surface area contributed by atoms with Gasteiger partial charge in [-0.05, 0) is 5.56 Å². The van der Waals surface area contributed by atoms with Crippen molar-refractivity contribution in [3.8, 4) is 0 Å². The lowest BCUT2D eigenvalue weighted by Gasteiger charge is -2.22. The summed E-state index contributed by atoms with van der Waals surface area (Å²) in [4.78, 5) is 23.0. The number of alkyl carbamates (subject to hydrolysis) is 1. The number of rotatable bonds is 6. The molecular weight excluding hydrogens is 262 g/mol. The largest absolute Gasteiger partial charge is 0.467 e. The lowest BCUT2D eigenvalue weighted by molar-refractivity contribution is -0.152. The first-order valence-electron chi connectivity index (χ1n) is 5.95. The highest BCUT2D eigenvalue weighted by atomic mass is 16.6. The topological polar surface area (TPSA) is 84.9 Å². The highest BCUT2D eigenvalue weighted by Crippen LogP contribution is 2.18. The molecule has 1 aromatic carbocycles. The minimum Gasteiger partial charge on any atom is -0.467 e. The molecule has 0 heterocycles. The fraction of sp³-hybridized carbons (Fsp3) is 0.286. The predicted molar refractivity (Wildman–Crippen MR) is 71.9 cm³/mol. The van der Waals surface area contributed by atoms with Gasteiger partial charge in [0.2, 0.25) is 0 Å². The summed E-state index contributed by atoms with van der Waals surface area (Å²) >= 11 is 0. The van der Waals surface area contributed by atoms with Crippen molar-refractivity contribution in [3.05, 3.63) is 48.6 Å². The van der Waals surface area contributed by atoms with Crippen LogP contribution in [0.25, 0.3) is 0 Å². The number of aliphatic hydroxyl groups is 1. The van der Waals surface area contributed by atoms with E-state index in [1.165, 1.54) is 6.08 Å². The molecule has 2 N–H and O–H groups in total. The number of benzene rings is 1. The molecule has 6 nitrogen and oxygen atoms in total. The molecule has 20 heavy (non-hydrogen) atoms. The van der Waals surface area contributed by atoms with Crippen LogP contribution in [0.1, 0.15) is 11.6 Å². The second kappa shape index (κ2) is 7.96. The van der Waals surface area contributed by atoms with Crippen LogP contribution < -0.4 is 5.32 Å². The standard InChI is InChI=1S/C14H17NO5/c1-3-9-20-14(18)15-11(12(16)13(17)19-2)10-7-5-4-6-8-10/h3-8,11-12,16H,1,9H2,2H3,(H,15,18)/t11-,12+/m0/s1. The maximum absolute atomic E-state index is 11.6. The summed E-state index contributed by atoms with van der Waals surface area (Å²) < 4.78 is 9.26. The molecule has 0 saturated heterocycles. The van der Waals surface area contributed by atoms with E-state index in [0.717, 1.165) is 7.11 Å². The minimum atomic E-state index is -1.53. The minimum absolute atomic E-state index is 0.0294. The van der Waals surface area contributed by atoms with Gasteiger partial charge in [-0.3, -0.25) is 0 Å². The fourth-order valence-electron chi connectivity index (χ4n) is 1.57. The molecule has 0 unspecified atom stereocenters. The summed E-state index contributed by atoms with van der Waals surface area (Å²) in [5, 5.41) is 12.4. The summed E-state index contributed by atoms with van der Waals surface area (Å²) in [5.74, 6) is -0.845. The van der Waals surface area contributed by atoms with Gasteiger partial charge in [0.05, 0.1) is 13.2 Å². The summed E-state index contributed by atoms with van der Waals surface area (Å²) in [6, 6.07) is 7.61. The SMILES string of the molecule is C=CCOC(=O)N[C@@H](c1ccccc1)[C@@H](O)C(=O)OC. The van der Waals surface area contributed by atoms with Gasteiger partial charge in [0.1, 0.15) is 6.61 Å². The number of amides is 1. The van der Waals surface area contributed by atoms with Crippen LogP contribution in [-0.2, 0) is 14.3 Å². The highest BCUT2D eigenvalue weighted by Gasteiger charge is 2.30. The Balaban J connectivity index is 2.87. The average Bonchev–Trinajstić information content (AvgIpc) is 2.49. The van der Waals surface area contributed by atoms with Gasteiger partial charge in [0.25, 0.3) is 0 Å². The Morgan fingerprint density at radius 2 is 2.05 bits per heavy atom. The molecule has 0 spiro atoms. The number of esters is 1. The molecule has 108 valence electrons. The van der Waals surface area contributed by atoms with Gasteiger partial charge in [0, 0.05) is 0 Å². The molecule has 0 saturated carbocycles. The number of hydrogen-bond donors (Lipinski definition) is 2. The van der Waals surface area contributed by atoms with Crippen LogP contribution in [0.4, 0.5) is 4.79 Å². The number of carbonyl (C=O) groups is 2. The van der Waals surface area contributed by atoms with E-state index in [1.807, 2.05) is 0 Å². The Labute approximate surface area is 117 Å². The number of hydrogen-bond acceptors (Lipinski definition) is 5. The van der Waals surface area contributed by atoms with Crippen molar-refractivity contribution in [2.75, 3.05) is 13.7 Å². The lowest BCUT2D eigenvalue weighted by Crippen LogP contribution is -2.41. The van der Waals surface area contributed by atoms with Crippen molar-refractivity contribution in [2.45, 2.75) is 12.1 Å². The van der Waals surface area contributed by atoms with E-state index in [4.69, 9.17) is 4.74 Å². The zero-order valence-corrected chi connectivity index (χ0v) is 11.1. The van der Waals surface area contributed by atoms with Gasteiger partial charge in [-0.1, -0.05) is 43.0 Å². The summed E-state index contributed by atoms with van der Waals surface area (Å²) in [7, 11) is 1.16. The first-order valence-corrected chi connectivity index (χ1v) is 5.95. The molecule has 0 radical (unpaired) electrons. The Bertz CT molecular complexity index is 460. The Hall–Kier alpha value is -2.34. The van der Waals surface area contributed by atoms with Crippen LogP contribution in [0.3, 0.4) is 0 Å². The van der Waals surface area contributed by atoms with E-state index in [0.29, 0.717) is 5.56 Å². The van der Waals surface area contributed by atoms with Gasteiger partial charge in [-0.2, -0.15) is 0 Å². The maximum Gasteiger partial charge on any atom is 0.408 e. The van der Waals surface area contributed by atoms with Gasteiger partial charge < -0.3 is 19.9 Å². The molecule has 6 heteroatoms. The third-order valence-electron chi connectivity index (χ3n) is 2.52. The molecule has 0 aliphatic rings. The first-order chi connectivity index (χ1) is 9.60. The molecule has 0 bridgehead atoms. The van der Waals surface area contributed by atoms with E-state index < -0.39 is 24.2 Å². The lowest BCUT2D eigenvalue weighted by atomic mass is 10.0.